The molecule has 2 aromatic carbocycles. The number of aryl methyl sites for hydroxylation is 1. The fraction of sp³-hybridized carbons (Fsp3) is 0.217. The Hall–Kier alpha value is -3.74. The Morgan fingerprint density at radius 2 is 1.83 bits per heavy atom. The van der Waals surface area contributed by atoms with Crippen LogP contribution in [-0.2, 0) is 13.6 Å². The molecule has 7 nitrogen and oxygen atoms in total. The third-order valence-corrected chi connectivity index (χ3v) is 5.24. The number of fused-ring (bicyclic) bond motifs is 1. The molecule has 152 valence electrons. The van der Waals surface area contributed by atoms with Crippen LogP contribution in [0.4, 0.5) is 0 Å². The fourth-order valence-electron chi connectivity index (χ4n) is 3.34. The van der Waals surface area contributed by atoms with E-state index < -0.39 is 0 Å². The van der Waals surface area contributed by atoms with E-state index in [2.05, 4.69) is 10.2 Å². The maximum absolute atomic E-state index is 13.4. The summed E-state index contributed by atoms with van der Waals surface area (Å²) in [6, 6.07) is 17.2. The van der Waals surface area contributed by atoms with Gasteiger partial charge >= 0.3 is 0 Å². The summed E-state index contributed by atoms with van der Waals surface area (Å²) >= 11 is 0. The maximum atomic E-state index is 13.4. The van der Waals surface area contributed by atoms with Crippen molar-refractivity contribution in [2.45, 2.75) is 13.5 Å². The highest BCUT2D eigenvalue weighted by molar-refractivity contribution is 6.07. The minimum absolute atomic E-state index is 0.0935. The molecule has 2 aromatic heterocycles. The van der Waals surface area contributed by atoms with Gasteiger partial charge in [-0.2, -0.15) is 0 Å². The van der Waals surface area contributed by atoms with Crippen molar-refractivity contribution >= 4 is 16.8 Å². The predicted octanol–water partition coefficient (Wildman–Crippen LogP) is 3.62. The Morgan fingerprint density at radius 3 is 2.50 bits per heavy atom. The molecule has 0 saturated heterocycles. The number of para-hydroxylation sites is 1. The van der Waals surface area contributed by atoms with Crippen molar-refractivity contribution in [3.8, 4) is 17.0 Å². The quantitative estimate of drug-likeness (QED) is 0.511. The van der Waals surface area contributed by atoms with E-state index in [1.165, 1.54) is 0 Å². The molecule has 1 amide bonds. The average Bonchev–Trinajstić information content (AvgIpc) is 3.10. The number of hydrogen-bond acceptors (Lipinski definition) is 5. The first-order valence-electron chi connectivity index (χ1n) is 9.62. The van der Waals surface area contributed by atoms with Crippen molar-refractivity contribution in [3.05, 3.63) is 71.8 Å². The van der Waals surface area contributed by atoms with Crippen LogP contribution in [0.3, 0.4) is 0 Å². The molecule has 0 radical (unpaired) electrons. The first-order valence-corrected chi connectivity index (χ1v) is 9.62. The highest BCUT2D eigenvalue weighted by atomic mass is 16.5. The van der Waals surface area contributed by atoms with Crippen LogP contribution in [0.2, 0.25) is 0 Å². The SMILES string of the molecule is COc1ccc(-c2cc(C(=O)N(C)Cc3nnc(C)n3C)c3ccccc3n2)cc1. The van der Waals surface area contributed by atoms with Gasteiger partial charge in [0.15, 0.2) is 5.82 Å². The molecule has 0 N–H and O–H groups in total. The van der Waals surface area contributed by atoms with Crippen LogP contribution in [0.25, 0.3) is 22.2 Å². The van der Waals surface area contributed by atoms with E-state index in [4.69, 9.17) is 9.72 Å². The summed E-state index contributed by atoms with van der Waals surface area (Å²) < 4.78 is 7.13. The van der Waals surface area contributed by atoms with Gasteiger partial charge in [0.05, 0.1) is 30.4 Å². The van der Waals surface area contributed by atoms with Gasteiger partial charge in [-0.1, -0.05) is 18.2 Å². The van der Waals surface area contributed by atoms with Crippen LogP contribution in [0.1, 0.15) is 22.0 Å². The average molecular weight is 401 g/mol. The highest BCUT2D eigenvalue weighted by Crippen LogP contribution is 2.27. The largest absolute Gasteiger partial charge is 0.497 e. The number of nitrogens with zero attached hydrogens (tertiary/aromatic N) is 5. The summed E-state index contributed by atoms with van der Waals surface area (Å²) in [7, 11) is 5.30. The third-order valence-electron chi connectivity index (χ3n) is 5.24. The summed E-state index contributed by atoms with van der Waals surface area (Å²) in [4.78, 5) is 19.8. The van der Waals surface area contributed by atoms with Gasteiger partial charge in [-0.3, -0.25) is 4.79 Å². The number of pyridine rings is 1. The van der Waals surface area contributed by atoms with E-state index in [0.717, 1.165) is 39.6 Å². The number of benzene rings is 2. The Bertz CT molecular complexity index is 1210. The summed E-state index contributed by atoms with van der Waals surface area (Å²) in [6.45, 7) is 2.25. The van der Waals surface area contributed by atoms with Crippen molar-refractivity contribution in [1.29, 1.82) is 0 Å². The number of hydrogen-bond donors (Lipinski definition) is 0. The molecular weight excluding hydrogens is 378 g/mol. The molecule has 2 heterocycles. The zero-order chi connectivity index (χ0) is 21.3. The minimum atomic E-state index is -0.0935. The Morgan fingerprint density at radius 1 is 1.10 bits per heavy atom. The van der Waals surface area contributed by atoms with Crippen molar-refractivity contribution in [2.75, 3.05) is 14.2 Å². The fourth-order valence-corrected chi connectivity index (χ4v) is 3.34. The number of amides is 1. The number of aromatic nitrogens is 4. The molecule has 0 atom stereocenters. The molecule has 0 aliphatic heterocycles. The smallest absolute Gasteiger partial charge is 0.254 e. The molecular formula is C23H23N5O2. The van der Waals surface area contributed by atoms with E-state index in [1.54, 1.807) is 19.1 Å². The molecule has 4 aromatic rings. The standard InChI is InChI=1S/C23H23N5O2/c1-15-25-26-22(28(15)3)14-27(2)23(29)19-13-21(16-9-11-17(30-4)12-10-16)24-20-8-6-5-7-18(19)20/h5-13H,14H2,1-4H3. The van der Waals surface area contributed by atoms with Crippen molar-refractivity contribution in [3.63, 3.8) is 0 Å². The first kappa shape index (κ1) is 19.6. The summed E-state index contributed by atoms with van der Waals surface area (Å²) in [6.07, 6.45) is 0. The zero-order valence-electron chi connectivity index (χ0n) is 17.5. The molecule has 7 heteroatoms. The second kappa shape index (κ2) is 7.94. The Balaban J connectivity index is 1.74. The Kier molecular flexibility index (Phi) is 5.18. The lowest BCUT2D eigenvalue weighted by atomic mass is 10.0. The number of rotatable bonds is 5. The van der Waals surface area contributed by atoms with Gasteiger partial charge in [-0.05, 0) is 43.3 Å². The van der Waals surface area contributed by atoms with Gasteiger partial charge in [-0.15, -0.1) is 10.2 Å². The molecule has 0 unspecified atom stereocenters. The van der Waals surface area contributed by atoms with Crippen LogP contribution in [-0.4, -0.2) is 44.7 Å². The number of ether oxygens (including phenoxy) is 1. The van der Waals surface area contributed by atoms with Gasteiger partial charge in [0.1, 0.15) is 11.6 Å². The number of carbonyl (C=O) groups excluding carboxylic acids is 1. The summed E-state index contributed by atoms with van der Waals surface area (Å²) in [5.74, 6) is 2.22. The predicted molar refractivity (Wildman–Crippen MR) is 115 cm³/mol. The van der Waals surface area contributed by atoms with Crippen molar-refractivity contribution in [1.82, 2.24) is 24.6 Å². The lowest BCUT2D eigenvalue weighted by molar-refractivity contribution is 0.0782. The number of carbonyl (C=O) groups is 1. The number of methoxy groups -OCH3 is 1. The van der Waals surface area contributed by atoms with E-state index in [9.17, 15) is 4.79 Å². The molecule has 0 spiro atoms. The van der Waals surface area contributed by atoms with Crippen LogP contribution in [0, 0.1) is 6.92 Å². The van der Waals surface area contributed by atoms with Crippen LogP contribution in [0.5, 0.6) is 5.75 Å². The summed E-state index contributed by atoms with van der Waals surface area (Å²) in [5, 5.41) is 9.06. The molecule has 0 aliphatic carbocycles. The highest BCUT2D eigenvalue weighted by Gasteiger charge is 2.19. The van der Waals surface area contributed by atoms with Gasteiger partial charge in [0.25, 0.3) is 5.91 Å². The van der Waals surface area contributed by atoms with Crippen molar-refractivity contribution < 1.29 is 9.53 Å². The molecule has 4 rings (SSSR count). The topological polar surface area (TPSA) is 73.1 Å². The molecule has 30 heavy (non-hydrogen) atoms. The first-order chi connectivity index (χ1) is 14.5. The van der Waals surface area contributed by atoms with Gasteiger partial charge in [-0.25, -0.2) is 4.98 Å². The third kappa shape index (κ3) is 3.61. The van der Waals surface area contributed by atoms with E-state index in [1.807, 2.05) is 73.1 Å². The Labute approximate surface area is 174 Å². The second-order valence-corrected chi connectivity index (χ2v) is 7.18. The zero-order valence-corrected chi connectivity index (χ0v) is 17.5. The van der Waals surface area contributed by atoms with Crippen LogP contribution < -0.4 is 4.74 Å². The van der Waals surface area contributed by atoms with Crippen molar-refractivity contribution in [2.24, 2.45) is 7.05 Å². The molecule has 0 saturated carbocycles. The molecule has 0 bridgehead atoms. The summed E-state index contributed by atoms with van der Waals surface area (Å²) in [5.41, 5.74) is 3.04. The van der Waals surface area contributed by atoms with Gasteiger partial charge in [0.2, 0.25) is 0 Å². The molecule has 0 aliphatic rings. The lowest BCUT2D eigenvalue weighted by Crippen LogP contribution is -2.28. The van der Waals surface area contributed by atoms with E-state index in [-0.39, 0.29) is 5.91 Å². The minimum Gasteiger partial charge on any atom is -0.497 e. The van der Waals surface area contributed by atoms with Crippen LogP contribution in [0.15, 0.2) is 54.6 Å². The van der Waals surface area contributed by atoms with E-state index in [0.29, 0.717) is 12.1 Å². The maximum Gasteiger partial charge on any atom is 0.254 e. The normalized spacial score (nSPS) is 10.9. The monoisotopic (exact) mass is 401 g/mol. The van der Waals surface area contributed by atoms with E-state index >= 15 is 0 Å². The van der Waals surface area contributed by atoms with Gasteiger partial charge in [0, 0.05) is 25.0 Å². The lowest BCUT2D eigenvalue weighted by Gasteiger charge is -2.18. The second-order valence-electron chi connectivity index (χ2n) is 7.18. The molecule has 0 fully saturated rings. The van der Waals surface area contributed by atoms with Crippen LogP contribution >= 0.6 is 0 Å². The van der Waals surface area contributed by atoms with Gasteiger partial charge < -0.3 is 14.2 Å².